The largest absolute Gasteiger partial charge is 0.363 e. The number of carbonyl (C=O) groups is 1. The maximum Gasteiger partial charge on any atom is 0.255 e. The van der Waals surface area contributed by atoms with Crippen LogP contribution in [0.5, 0.6) is 0 Å². The number of hydrogen-bond acceptors (Lipinski definition) is 4. The van der Waals surface area contributed by atoms with Gasteiger partial charge in [0.1, 0.15) is 0 Å². The standard InChI is InChI=1S/C13H22N4O2/c1-13(12(18)15(2)3)9-17(5-6-19-13)8-11-7-14-10-16(11)4/h7,10H,5-6,8-9H2,1-4H3/t13-/m1/s1. The second-order valence-corrected chi connectivity index (χ2v) is 5.49. The van der Waals surface area contributed by atoms with Crippen LogP contribution in [-0.2, 0) is 23.1 Å². The highest BCUT2D eigenvalue weighted by Crippen LogP contribution is 2.21. The van der Waals surface area contributed by atoms with Crippen LogP contribution in [0.25, 0.3) is 0 Å². The molecule has 0 saturated carbocycles. The van der Waals surface area contributed by atoms with Crippen molar-refractivity contribution in [3.05, 3.63) is 18.2 Å². The summed E-state index contributed by atoms with van der Waals surface area (Å²) in [5.41, 5.74) is 0.391. The van der Waals surface area contributed by atoms with Crippen LogP contribution in [0.4, 0.5) is 0 Å². The van der Waals surface area contributed by atoms with E-state index in [-0.39, 0.29) is 5.91 Å². The van der Waals surface area contributed by atoms with Gasteiger partial charge in [-0.15, -0.1) is 0 Å². The van der Waals surface area contributed by atoms with E-state index < -0.39 is 5.60 Å². The van der Waals surface area contributed by atoms with Gasteiger partial charge in [-0.25, -0.2) is 4.98 Å². The van der Waals surface area contributed by atoms with E-state index in [1.165, 1.54) is 0 Å². The van der Waals surface area contributed by atoms with Crippen LogP contribution >= 0.6 is 0 Å². The molecule has 1 aliphatic heterocycles. The Bertz CT molecular complexity index is 457. The molecule has 1 saturated heterocycles. The average molecular weight is 266 g/mol. The zero-order chi connectivity index (χ0) is 14.0. The molecule has 0 N–H and O–H groups in total. The van der Waals surface area contributed by atoms with Crippen LogP contribution < -0.4 is 0 Å². The summed E-state index contributed by atoms with van der Waals surface area (Å²) in [4.78, 5) is 20.1. The third-order valence-corrected chi connectivity index (χ3v) is 3.51. The van der Waals surface area contributed by atoms with Crippen LogP contribution in [-0.4, -0.2) is 64.7 Å². The number of imidazole rings is 1. The van der Waals surface area contributed by atoms with Gasteiger partial charge in [0.15, 0.2) is 5.60 Å². The number of aromatic nitrogens is 2. The lowest BCUT2D eigenvalue weighted by molar-refractivity contribution is -0.165. The highest BCUT2D eigenvalue weighted by atomic mass is 16.5. The number of carbonyl (C=O) groups excluding carboxylic acids is 1. The van der Waals surface area contributed by atoms with Crippen molar-refractivity contribution in [3.63, 3.8) is 0 Å². The second kappa shape index (κ2) is 5.30. The van der Waals surface area contributed by atoms with E-state index in [1.807, 2.05) is 24.7 Å². The summed E-state index contributed by atoms with van der Waals surface area (Å²) in [6.45, 7) is 4.67. The van der Waals surface area contributed by atoms with Gasteiger partial charge in [-0.1, -0.05) is 0 Å². The minimum Gasteiger partial charge on any atom is -0.363 e. The molecular weight excluding hydrogens is 244 g/mol. The Balaban J connectivity index is 2.05. The quantitative estimate of drug-likeness (QED) is 0.778. The van der Waals surface area contributed by atoms with Crippen molar-refractivity contribution in [2.45, 2.75) is 19.1 Å². The van der Waals surface area contributed by atoms with E-state index in [9.17, 15) is 4.79 Å². The van der Waals surface area contributed by atoms with Gasteiger partial charge >= 0.3 is 0 Å². The molecule has 106 valence electrons. The fourth-order valence-corrected chi connectivity index (χ4v) is 2.45. The summed E-state index contributed by atoms with van der Waals surface area (Å²) >= 11 is 0. The number of likely N-dealkylation sites (N-methyl/N-ethyl adjacent to an activating group) is 1. The fraction of sp³-hybridized carbons (Fsp3) is 0.692. The summed E-state index contributed by atoms with van der Waals surface area (Å²) in [6.07, 6.45) is 3.65. The number of ether oxygens (including phenoxy) is 1. The molecular formula is C13H22N4O2. The molecule has 1 aromatic rings. The van der Waals surface area contributed by atoms with Gasteiger partial charge in [-0.3, -0.25) is 9.69 Å². The fourth-order valence-electron chi connectivity index (χ4n) is 2.45. The molecule has 1 aromatic heterocycles. The second-order valence-electron chi connectivity index (χ2n) is 5.49. The first-order valence-electron chi connectivity index (χ1n) is 6.45. The molecule has 0 spiro atoms. The van der Waals surface area contributed by atoms with Gasteiger partial charge < -0.3 is 14.2 Å². The molecule has 0 radical (unpaired) electrons. The van der Waals surface area contributed by atoms with Gasteiger partial charge in [-0.2, -0.15) is 0 Å². The van der Waals surface area contributed by atoms with Crippen molar-refractivity contribution in [2.75, 3.05) is 33.8 Å². The summed E-state index contributed by atoms with van der Waals surface area (Å²) < 4.78 is 7.71. The number of nitrogens with zero attached hydrogens (tertiary/aromatic N) is 4. The maximum atomic E-state index is 12.2. The van der Waals surface area contributed by atoms with E-state index in [0.29, 0.717) is 13.2 Å². The van der Waals surface area contributed by atoms with Crippen LogP contribution in [0.15, 0.2) is 12.5 Å². The maximum absolute atomic E-state index is 12.2. The number of rotatable bonds is 3. The van der Waals surface area contributed by atoms with Crippen LogP contribution in [0, 0.1) is 0 Å². The Morgan fingerprint density at radius 1 is 1.58 bits per heavy atom. The Morgan fingerprint density at radius 3 is 2.89 bits per heavy atom. The molecule has 0 bridgehead atoms. The highest BCUT2D eigenvalue weighted by molar-refractivity contribution is 5.84. The predicted octanol–water partition coefficient (Wildman–Crippen LogP) is 0.0992. The number of aryl methyl sites for hydroxylation is 1. The van der Waals surface area contributed by atoms with Crippen LogP contribution in [0.3, 0.4) is 0 Å². The first kappa shape index (κ1) is 14.0. The Kier molecular flexibility index (Phi) is 3.91. The number of hydrogen-bond donors (Lipinski definition) is 0. The molecule has 6 nitrogen and oxygen atoms in total. The van der Waals surface area contributed by atoms with Crippen LogP contribution in [0.1, 0.15) is 12.6 Å². The molecule has 2 heterocycles. The number of morpholine rings is 1. The summed E-state index contributed by atoms with van der Waals surface area (Å²) in [5.74, 6) is 0.0159. The van der Waals surface area contributed by atoms with E-state index in [1.54, 1.807) is 25.3 Å². The molecule has 1 amide bonds. The Labute approximate surface area is 114 Å². The first-order chi connectivity index (χ1) is 8.92. The first-order valence-corrected chi connectivity index (χ1v) is 6.45. The van der Waals surface area contributed by atoms with E-state index in [2.05, 4.69) is 9.88 Å². The molecule has 2 rings (SSSR count). The Morgan fingerprint density at radius 2 is 2.32 bits per heavy atom. The smallest absolute Gasteiger partial charge is 0.255 e. The van der Waals surface area contributed by atoms with Gasteiger partial charge in [0.2, 0.25) is 0 Å². The molecule has 0 unspecified atom stereocenters. The number of amides is 1. The predicted molar refractivity (Wildman–Crippen MR) is 71.5 cm³/mol. The molecule has 0 aromatic carbocycles. The summed E-state index contributed by atoms with van der Waals surface area (Å²) in [5, 5.41) is 0. The van der Waals surface area contributed by atoms with Crippen LogP contribution in [0.2, 0.25) is 0 Å². The van der Waals surface area contributed by atoms with Gasteiger partial charge in [0.05, 0.1) is 18.6 Å². The Hall–Kier alpha value is -1.40. The molecule has 0 aliphatic carbocycles. The normalized spacial score (nSPS) is 24.4. The molecule has 1 fully saturated rings. The minimum absolute atomic E-state index is 0.0159. The van der Waals surface area contributed by atoms with Crippen molar-refractivity contribution in [3.8, 4) is 0 Å². The monoisotopic (exact) mass is 266 g/mol. The lowest BCUT2D eigenvalue weighted by Gasteiger charge is -2.40. The van der Waals surface area contributed by atoms with E-state index >= 15 is 0 Å². The van der Waals surface area contributed by atoms with E-state index in [4.69, 9.17) is 4.74 Å². The van der Waals surface area contributed by atoms with Gasteiger partial charge in [-0.05, 0) is 6.92 Å². The van der Waals surface area contributed by atoms with E-state index in [0.717, 1.165) is 18.8 Å². The lowest BCUT2D eigenvalue weighted by atomic mass is 10.0. The topological polar surface area (TPSA) is 50.6 Å². The zero-order valence-corrected chi connectivity index (χ0v) is 12.1. The summed E-state index contributed by atoms with van der Waals surface area (Å²) in [6, 6.07) is 0. The molecule has 1 aliphatic rings. The lowest BCUT2D eigenvalue weighted by Crippen LogP contribution is -2.57. The average Bonchev–Trinajstić information content (AvgIpc) is 2.74. The third-order valence-electron chi connectivity index (χ3n) is 3.51. The third kappa shape index (κ3) is 2.96. The van der Waals surface area contributed by atoms with Gasteiger partial charge in [0, 0.05) is 47.0 Å². The molecule has 1 atom stereocenters. The van der Waals surface area contributed by atoms with Crippen molar-refractivity contribution in [2.24, 2.45) is 7.05 Å². The zero-order valence-electron chi connectivity index (χ0n) is 12.1. The van der Waals surface area contributed by atoms with Crippen molar-refractivity contribution in [1.82, 2.24) is 19.4 Å². The SMILES string of the molecule is CN(C)C(=O)[C@@]1(C)CN(Cc2cncn2C)CCO1. The molecule has 6 heteroatoms. The van der Waals surface area contributed by atoms with Crippen molar-refractivity contribution < 1.29 is 9.53 Å². The molecule has 19 heavy (non-hydrogen) atoms. The summed E-state index contributed by atoms with van der Waals surface area (Å²) in [7, 11) is 5.50. The minimum atomic E-state index is -0.750. The van der Waals surface area contributed by atoms with Gasteiger partial charge in [0.25, 0.3) is 5.91 Å². The van der Waals surface area contributed by atoms with Crippen molar-refractivity contribution in [1.29, 1.82) is 0 Å². The highest BCUT2D eigenvalue weighted by Gasteiger charge is 2.40. The van der Waals surface area contributed by atoms with Crippen molar-refractivity contribution >= 4 is 5.91 Å².